The van der Waals surface area contributed by atoms with Gasteiger partial charge in [-0.15, -0.1) is 11.3 Å². The molecule has 2 aromatic heterocycles. The topological polar surface area (TPSA) is 84.0 Å². The fourth-order valence-electron chi connectivity index (χ4n) is 1.78. The Kier molecular flexibility index (Phi) is 5.10. The van der Waals surface area contributed by atoms with Crippen LogP contribution in [0.1, 0.15) is 19.8 Å². The number of rotatable bonds is 7. The SMILES string of the molecule is CC(CC(=O)CC[n+]1ccc(-c2nccs2)cn1)C(=O)O. The molecule has 0 saturated carbocycles. The Balaban J connectivity index is 1.86. The molecule has 0 bridgehead atoms. The Labute approximate surface area is 126 Å². The third-order valence-electron chi connectivity index (χ3n) is 3.03. The van der Waals surface area contributed by atoms with Crippen LogP contribution in [0, 0.1) is 5.92 Å². The van der Waals surface area contributed by atoms with Crippen molar-refractivity contribution in [2.45, 2.75) is 26.3 Å². The van der Waals surface area contributed by atoms with Gasteiger partial charge in [0, 0.05) is 29.6 Å². The predicted molar refractivity (Wildman–Crippen MR) is 76.6 cm³/mol. The van der Waals surface area contributed by atoms with E-state index < -0.39 is 11.9 Å². The first-order chi connectivity index (χ1) is 10.1. The molecule has 1 atom stereocenters. The van der Waals surface area contributed by atoms with Crippen LogP contribution in [0.3, 0.4) is 0 Å². The first-order valence-corrected chi connectivity index (χ1v) is 7.44. The second kappa shape index (κ2) is 7.03. The molecule has 110 valence electrons. The highest BCUT2D eigenvalue weighted by molar-refractivity contribution is 7.13. The molecule has 0 aromatic carbocycles. The number of carbonyl (C=O) groups is 2. The van der Waals surface area contributed by atoms with Gasteiger partial charge in [0.05, 0.1) is 12.3 Å². The molecule has 0 spiro atoms. The molecule has 0 fully saturated rings. The Morgan fingerprint density at radius 1 is 1.48 bits per heavy atom. The first kappa shape index (κ1) is 15.2. The van der Waals surface area contributed by atoms with Crippen molar-refractivity contribution in [1.82, 2.24) is 10.1 Å². The zero-order valence-electron chi connectivity index (χ0n) is 11.6. The molecule has 0 aliphatic rings. The van der Waals surface area contributed by atoms with Gasteiger partial charge in [0.25, 0.3) is 0 Å². The summed E-state index contributed by atoms with van der Waals surface area (Å²) in [5.74, 6) is -1.65. The van der Waals surface area contributed by atoms with E-state index in [-0.39, 0.29) is 18.6 Å². The minimum absolute atomic E-state index is 0.0626. The highest BCUT2D eigenvalue weighted by Gasteiger charge is 2.17. The van der Waals surface area contributed by atoms with Crippen LogP contribution in [0.5, 0.6) is 0 Å². The van der Waals surface area contributed by atoms with Gasteiger partial charge in [0.2, 0.25) is 0 Å². The molecule has 21 heavy (non-hydrogen) atoms. The summed E-state index contributed by atoms with van der Waals surface area (Å²) in [6.07, 6.45) is 5.59. The molecule has 7 heteroatoms. The normalized spacial score (nSPS) is 12.0. The van der Waals surface area contributed by atoms with Crippen molar-refractivity contribution in [2.24, 2.45) is 5.92 Å². The number of aryl methyl sites for hydroxylation is 1. The van der Waals surface area contributed by atoms with Crippen LogP contribution in [-0.2, 0) is 16.1 Å². The van der Waals surface area contributed by atoms with Gasteiger partial charge in [0.1, 0.15) is 17.0 Å². The maximum atomic E-state index is 11.7. The monoisotopic (exact) mass is 306 g/mol. The van der Waals surface area contributed by atoms with Crippen LogP contribution in [0.4, 0.5) is 0 Å². The van der Waals surface area contributed by atoms with E-state index in [2.05, 4.69) is 10.1 Å². The molecule has 0 aliphatic heterocycles. The van der Waals surface area contributed by atoms with E-state index >= 15 is 0 Å². The molecule has 0 amide bonds. The van der Waals surface area contributed by atoms with E-state index in [9.17, 15) is 9.59 Å². The fourth-order valence-corrected chi connectivity index (χ4v) is 2.41. The maximum Gasteiger partial charge on any atom is 0.306 e. The number of ketones is 1. The summed E-state index contributed by atoms with van der Waals surface area (Å²) in [5.41, 5.74) is 0.937. The van der Waals surface area contributed by atoms with Crippen molar-refractivity contribution >= 4 is 23.1 Å². The van der Waals surface area contributed by atoms with Gasteiger partial charge in [-0.1, -0.05) is 11.6 Å². The third kappa shape index (κ3) is 4.42. The Hall–Kier alpha value is -2.15. The quantitative estimate of drug-likeness (QED) is 0.785. The molecule has 0 saturated heterocycles. The van der Waals surface area contributed by atoms with Crippen molar-refractivity contribution in [1.29, 1.82) is 0 Å². The molecule has 0 radical (unpaired) electrons. The van der Waals surface area contributed by atoms with Crippen molar-refractivity contribution in [3.8, 4) is 10.6 Å². The summed E-state index contributed by atoms with van der Waals surface area (Å²) in [6, 6.07) is 1.90. The van der Waals surface area contributed by atoms with Gasteiger partial charge in [-0.2, -0.15) is 0 Å². The summed E-state index contributed by atoms with van der Waals surface area (Å²) >= 11 is 1.54. The number of aliphatic carboxylic acids is 1. The zero-order chi connectivity index (χ0) is 15.2. The molecule has 2 rings (SSSR count). The van der Waals surface area contributed by atoms with Gasteiger partial charge in [-0.05, 0) is 5.10 Å². The molecular weight excluding hydrogens is 290 g/mol. The second-order valence-electron chi connectivity index (χ2n) is 4.75. The van der Waals surface area contributed by atoms with E-state index in [1.54, 1.807) is 23.3 Å². The van der Waals surface area contributed by atoms with Crippen LogP contribution in [0.25, 0.3) is 10.6 Å². The average Bonchev–Trinajstić information content (AvgIpc) is 2.99. The van der Waals surface area contributed by atoms with Crippen LogP contribution in [0.2, 0.25) is 0 Å². The predicted octanol–water partition coefficient (Wildman–Crippen LogP) is 1.56. The van der Waals surface area contributed by atoms with Gasteiger partial charge in [0.15, 0.2) is 12.7 Å². The van der Waals surface area contributed by atoms with Gasteiger partial charge >= 0.3 is 5.97 Å². The van der Waals surface area contributed by atoms with E-state index in [0.717, 1.165) is 10.6 Å². The Bertz CT molecular complexity index is 611. The number of carboxylic acid groups (broad SMARTS) is 1. The first-order valence-electron chi connectivity index (χ1n) is 6.56. The Morgan fingerprint density at radius 3 is 2.86 bits per heavy atom. The van der Waals surface area contributed by atoms with Crippen molar-refractivity contribution in [3.05, 3.63) is 30.0 Å². The molecule has 2 heterocycles. The van der Waals surface area contributed by atoms with Crippen molar-refractivity contribution < 1.29 is 19.4 Å². The standard InChI is InChI=1S/C14H15N3O3S/c1-10(14(19)20)8-12(18)3-6-17-5-2-11(9-16-17)13-15-4-7-21-13/h2,4-5,7,9-10H,3,6,8H2,1H3/p+1. The van der Waals surface area contributed by atoms with Crippen molar-refractivity contribution in [3.63, 3.8) is 0 Å². The molecule has 0 aliphatic carbocycles. The molecule has 6 nitrogen and oxygen atoms in total. The summed E-state index contributed by atoms with van der Waals surface area (Å²) in [5, 5.41) is 15.8. The summed E-state index contributed by atoms with van der Waals surface area (Å²) < 4.78 is 1.67. The molecule has 1 N–H and O–H groups in total. The highest BCUT2D eigenvalue weighted by Crippen LogP contribution is 2.18. The number of hydrogen-bond acceptors (Lipinski definition) is 5. The molecule has 1 unspecified atom stereocenters. The summed E-state index contributed by atoms with van der Waals surface area (Å²) in [6.45, 7) is 1.98. The van der Waals surface area contributed by atoms with Gasteiger partial charge in [-0.25, -0.2) is 4.98 Å². The van der Waals surface area contributed by atoms with Crippen LogP contribution in [-0.4, -0.2) is 26.9 Å². The molecular formula is C14H16N3O3S+. The minimum atomic E-state index is -0.943. The average molecular weight is 306 g/mol. The van der Waals surface area contributed by atoms with Crippen LogP contribution >= 0.6 is 11.3 Å². The number of Topliss-reactive ketones (excluding diaryl/α,β-unsaturated/α-hetero) is 1. The number of carboxylic acids is 1. The number of hydrogen-bond donors (Lipinski definition) is 1. The van der Waals surface area contributed by atoms with Crippen LogP contribution < -0.4 is 4.68 Å². The maximum absolute atomic E-state index is 11.7. The summed E-state index contributed by atoms with van der Waals surface area (Å²) in [4.78, 5) is 26.6. The smallest absolute Gasteiger partial charge is 0.306 e. The van der Waals surface area contributed by atoms with E-state index in [1.165, 1.54) is 18.3 Å². The summed E-state index contributed by atoms with van der Waals surface area (Å²) in [7, 11) is 0. The second-order valence-corrected chi connectivity index (χ2v) is 5.64. The number of carbonyl (C=O) groups excluding carboxylic acids is 1. The van der Waals surface area contributed by atoms with Crippen LogP contribution in [0.15, 0.2) is 30.0 Å². The largest absolute Gasteiger partial charge is 0.481 e. The minimum Gasteiger partial charge on any atom is -0.481 e. The van der Waals surface area contributed by atoms with Gasteiger partial charge in [-0.3, -0.25) is 9.59 Å². The molecule has 2 aromatic rings. The lowest BCUT2D eigenvalue weighted by Gasteiger charge is -2.03. The van der Waals surface area contributed by atoms with Crippen molar-refractivity contribution in [2.75, 3.05) is 0 Å². The fraction of sp³-hybridized carbons (Fsp3) is 0.357. The third-order valence-corrected chi connectivity index (χ3v) is 3.85. The van der Waals surface area contributed by atoms with Gasteiger partial charge < -0.3 is 5.11 Å². The number of nitrogens with zero attached hydrogens (tertiary/aromatic N) is 3. The lowest BCUT2D eigenvalue weighted by molar-refractivity contribution is -0.752. The van der Waals surface area contributed by atoms with E-state index in [1.807, 2.05) is 11.4 Å². The van der Waals surface area contributed by atoms with E-state index in [0.29, 0.717) is 6.54 Å². The van der Waals surface area contributed by atoms with E-state index in [4.69, 9.17) is 5.11 Å². The number of thiazole rings is 1. The highest BCUT2D eigenvalue weighted by atomic mass is 32.1. The number of aromatic nitrogens is 3. The lowest BCUT2D eigenvalue weighted by Crippen LogP contribution is -2.38. The zero-order valence-corrected chi connectivity index (χ0v) is 12.4. The lowest BCUT2D eigenvalue weighted by atomic mass is 10.0. The Morgan fingerprint density at radius 2 is 2.29 bits per heavy atom.